The molecule has 0 spiro atoms. The summed E-state index contributed by atoms with van der Waals surface area (Å²) in [5, 5.41) is 9.02. The SMILES string of the molecule is C=C(C(=O)O)N(CCCCCC)CCCCCC. The molecule has 1 N–H and O–H groups in total. The molecule has 0 aromatic heterocycles. The standard InChI is InChI=1S/C15H29NO2/c1-4-6-8-10-12-16(14(3)15(17)18)13-11-9-7-5-2/h3-13H2,1-2H3,(H,17,18). The molecule has 0 aliphatic rings. The van der Waals surface area contributed by atoms with Crippen molar-refractivity contribution >= 4 is 5.97 Å². The van der Waals surface area contributed by atoms with Crippen LogP contribution in [0, 0.1) is 0 Å². The number of hydrogen-bond donors (Lipinski definition) is 1. The topological polar surface area (TPSA) is 40.5 Å². The monoisotopic (exact) mass is 255 g/mol. The van der Waals surface area contributed by atoms with E-state index in [0.29, 0.717) is 0 Å². The predicted octanol–water partition coefficient (Wildman–Crippen LogP) is 4.05. The zero-order valence-electron chi connectivity index (χ0n) is 12.1. The summed E-state index contributed by atoms with van der Waals surface area (Å²) >= 11 is 0. The highest BCUT2D eigenvalue weighted by Gasteiger charge is 2.13. The zero-order valence-corrected chi connectivity index (χ0v) is 12.1. The number of carbonyl (C=O) groups is 1. The molecule has 0 bridgehead atoms. The molecule has 0 saturated carbocycles. The lowest BCUT2D eigenvalue weighted by Crippen LogP contribution is -2.29. The quantitative estimate of drug-likeness (QED) is 0.422. The number of nitrogens with zero attached hydrogens (tertiary/aromatic N) is 1. The Kier molecular flexibility index (Phi) is 10.5. The molecule has 0 radical (unpaired) electrons. The third kappa shape index (κ3) is 8.15. The van der Waals surface area contributed by atoms with E-state index in [9.17, 15) is 4.79 Å². The van der Waals surface area contributed by atoms with Crippen molar-refractivity contribution in [1.82, 2.24) is 4.90 Å². The van der Waals surface area contributed by atoms with E-state index in [1.165, 1.54) is 38.5 Å². The Labute approximate surface area is 112 Å². The summed E-state index contributed by atoms with van der Waals surface area (Å²) < 4.78 is 0. The van der Waals surface area contributed by atoms with Gasteiger partial charge < -0.3 is 10.0 Å². The Hall–Kier alpha value is -0.990. The van der Waals surface area contributed by atoms with Crippen LogP contribution < -0.4 is 0 Å². The van der Waals surface area contributed by atoms with Gasteiger partial charge in [-0.25, -0.2) is 4.79 Å². The third-order valence-electron chi connectivity index (χ3n) is 3.19. The first kappa shape index (κ1) is 17.0. The van der Waals surface area contributed by atoms with Crippen LogP contribution in [-0.4, -0.2) is 29.1 Å². The molecule has 0 unspecified atom stereocenters. The molecular formula is C15H29NO2. The van der Waals surface area contributed by atoms with E-state index in [4.69, 9.17) is 5.11 Å². The molecule has 0 aliphatic carbocycles. The van der Waals surface area contributed by atoms with Gasteiger partial charge in [-0.1, -0.05) is 59.0 Å². The van der Waals surface area contributed by atoms with Crippen LogP contribution in [0.1, 0.15) is 65.2 Å². The van der Waals surface area contributed by atoms with Crippen LogP contribution in [0.4, 0.5) is 0 Å². The molecule has 0 saturated heterocycles. The number of unbranched alkanes of at least 4 members (excludes halogenated alkanes) is 6. The summed E-state index contributed by atoms with van der Waals surface area (Å²) in [7, 11) is 0. The van der Waals surface area contributed by atoms with Crippen LogP contribution in [0.2, 0.25) is 0 Å². The van der Waals surface area contributed by atoms with Gasteiger partial charge in [-0.15, -0.1) is 0 Å². The van der Waals surface area contributed by atoms with Crippen molar-refractivity contribution in [3.63, 3.8) is 0 Å². The van der Waals surface area contributed by atoms with Crippen LogP contribution in [0.5, 0.6) is 0 Å². The summed E-state index contributed by atoms with van der Waals surface area (Å²) in [4.78, 5) is 12.9. The van der Waals surface area contributed by atoms with Gasteiger partial charge in [0.1, 0.15) is 5.70 Å². The summed E-state index contributed by atoms with van der Waals surface area (Å²) in [6, 6.07) is 0. The molecule has 0 aliphatic heterocycles. The fourth-order valence-corrected chi connectivity index (χ4v) is 1.98. The van der Waals surface area contributed by atoms with Crippen LogP contribution in [-0.2, 0) is 4.79 Å². The van der Waals surface area contributed by atoms with Gasteiger partial charge in [-0.3, -0.25) is 0 Å². The van der Waals surface area contributed by atoms with Crippen molar-refractivity contribution < 1.29 is 9.90 Å². The molecule has 0 rings (SSSR count). The van der Waals surface area contributed by atoms with Crippen LogP contribution in [0.25, 0.3) is 0 Å². The Balaban J connectivity index is 4.00. The largest absolute Gasteiger partial charge is 0.477 e. The number of carboxylic acid groups (broad SMARTS) is 1. The van der Waals surface area contributed by atoms with Gasteiger partial charge in [-0.2, -0.15) is 0 Å². The normalized spacial score (nSPS) is 10.3. The molecule has 18 heavy (non-hydrogen) atoms. The fourth-order valence-electron chi connectivity index (χ4n) is 1.98. The third-order valence-corrected chi connectivity index (χ3v) is 3.19. The van der Waals surface area contributed by atoms with E-state index in [1.54, 1.807) is 0 Å². The highest BCUT2D eigenvalue weighted by Crippen LogP contribution is 2.10. The first-order valence-corrected chi connectivity index (χ1v) is 7.30. The lowest BCUT2D eigenvalue weighted by molar-refractivity contribution is -0.134. The second kappa shape index (κ2) is 11.1. The Morgan fingerprint density at radius 3 is 1.72 bits per heavy atom. The highest BCUT2D eigenvalue weighted by molar-refractivity contribution is 5.85. The Bertz CT molecular complexity index is 227. The summed E-state index contributed by atoms with van der Waals surface area (Å²) in [6.45, 7) is 9.70. The first-order chi connectivity index (χ1) is 8.63. The molecule has 0 fully saturated rings. The predicted molar refractivity (Wildman–Crippen MR) is 76.6 cm³/mol. The van der Waals surface area contributed by atoms with Gasteiger partial charge in [0.15, 0.2) is 0 Å². The average molecular weight is 255 g/mol. The highest BCUT2D eigenvalue weighted by atomic mass is 16.4. The molecule has 0 aromatic rings. The fraction of sp³-hybridized carbons (Fsp3) is 0.800. The van der Waals surface area contributed by atoms with Crippen molar-refractivity contribution in [3.05, 3.63) is 12.3 Å². The molecule has 0 heterocycles. The smallest absolute Gasteiger partial charge is 0.351 e. The van der Waals surface area contributed by atoms with Gasteiger partial charge in [0.25, 0.3) is 0 Å². The number of hydrogen-bond acceptors (Lipinski definition) is 2. The molecule has 3 nitrogen and oxygen atoms in total. The van der Waals surface area contributed by atoms with Crippen molar-refractivity contribution in [2.75, 3.05) is 13.1 Å². The molecular weight excluding hydrogens is 226 g/mol. The lowest BCUT2D eigenvalue weighted by atomic mass is 10.1. The first-order valence-electron chi connectivity index (χ1n) is 7.30. The van der Waals surface area contributed by atoms with Crippen LogP contribution >= 0.6 is 0 Å². The molecule has 0 aromatic carbocycles. The van der Waals surface area contributed by atoms with E-state index in [-0.39, 0.29) is 5.70 Å². The Morgan fingerprint density at radius 1 is 0.944 bits per heavy atom. The van der Waals surface area contributed by atoms with Gasteiger partial charge in [0.2, 0.25) is 0 Å². The van der Waals surface area contributed by atoms with Crippen molar-refractivity contribution in [3.8, 4) is 0 Å². The van der Waals surface area contributed by atoms with Crippen LogP contribution in [0.3, 0.4) is 0 Å². The molecule has 106 valence electrons. The van der Waals surface area contributed by atoms with E-state index in [1.807, 2.05) is 4.90 Å². The van der Waals surface area contributed by atoms with Gasteiger partial charge in [0.05, 0.1) is 0 Å². The number of aliphatic carboxylic acids is 1. The molecule has 0 atom stereocenters. The number of rotatable bonds is 12. The van der Waals surface area contributed by atoms with E-state index in [2.05, 4.69) is 20.4 Å². The van der Waals surface area contributed by atoms with Gasteiger partial charge in [-0.05, 0) is 12.8 Å². The minimum absolute atomic E-state index is 0.253. The Morgan fingerprint density at radius 2 is 1.39 bits per heavy atom. The maximum absolute atomic E-state index is 11.0. The average Bonchev–Trinajstić information content (AvgIpc) is 2.36. The van der Waals surface area contributed by atoms with Crippen molar-refractivity contribution in [2.24, 2.45) is 0 Å². The van der Waals surface area contributed by atoms with E-state index >= 15 is 0 Å². The van der Waals surface area contributed by atoms with Crippen LogP contribution in [0.15, 0.2) is 12.3 Å². The maximum atomic E-state index is 11.0. The second-order valence-corrected chi connectivity index (χ2v) is 4.86. The van der Waals surface area contributed by atoms with Crippen molar-refractivity contribution in [2.45, 2.75) is 65.2 Å². The molecule has 3 heteroatoms. The second-order valence-electron chi connectivity index (χ2n) is 4.86. The van der Waals surface area contributed by atoms with Crippen molar-refractivity contribution in [1.29, 1.82) is 0 Å². The van der Waals surface area contributed by atoms with E-state index < -0.39 is 5.97 Å². The maximum Gasteiger partial charge on any atom is 0.351 e. The molecule has 0 amide bonds. The van der Waals surface area contributed by atoms with Gasteiger partial charge >= 0.3 is 5.97 Å². The summed E-state index contributed by atoms with van der Waals surface area (Å²) in [6.07, 6.45) is 9.34. The van der Waals surface area contributed by atoms with Gasteiger partial charge in [0, 0.05) is 13.1 Å². The lowest BCUT2D eigenvalue weighted by Gasteiger charge is -2.24. The number of carboxylic acids is 1. The summed E-state index contributed by atoms with van der Waals surface area (Å²) in [5.74, 6) is -0.888. The minimum Gasteiger partial charge on any atom is -0.477 e. The minimum atomic E-state index is -0.888. The van der Waals surface area contributed by atoms with E-state index in [0.717, 1.165) is 25.9 Å². The summed E-state index contributed by atoms with van der Waals surface area (Å²) in [5.41, 5.74) is 0.253. The zero-order chi connectivity index (χ0) is 13.8.